The number of carbonyl (C=O) groups is 1. The number of nitrogens with one attached hydrogen (secondary N) is 1. The molecule has 148 valence electrons. The summed E-state index contributed by atoms with van der Waals surface area (Å²) in [6, 6.07) is 4.39. The number of aromatic nitrogens is 1. The van der Waals surface area contributed by atoms with Gasteiger partial charge in [0.1, 0.15) is 5.82 Å². The molecule has 2 unspecified atom stereocenters. The molecule has 4 heterocycles. The molecule has 1 fully saturated rings. The van der Waals surface area contributed by atoms with Crippen LogP contribution in [-0.4, -0.2) is 28.9 Å². The molecule has 29 heavy (non-hydrogen) atoms. The Kier molecular flexibility index (Phi) is 4.63. The lowest BCUT2D eigenvalue weighted by Gasteiger charge is -2.19. The van der Waals surface area contributed by atoms with Gasteiger partial charge in [0.2, 0.25) is 5.91 Å². The van der Waals surface area contributed by atoms with Crippen molar-refractivity contribution in [1.29, 1.82) is 0 Å². The van der Waals surface area contributed by atoms with Crippen molar-refractivity contribution in [2.24, 2.45) is 11.8 Å². The summed E-state index contributed by atoms with van der Waals surface area (Å²) in [5.41, 5.74) is 5.97. The van der Waals surface area contributed by atoms with Crippen LogP contribution < -0.4 is 5.32 Å². The van der Waals surface area contributed by atoms with Crippen LogP contribution in [0.3, 0.4) is 0 Å². The highest BCUT2D eigenvalue weighted by Crippen LogP contribution is 2.42. The van der Waals surface area contributed by atoms with Crippen LogP contribution in [-0.2, 0) is 11.2 Å². The maximum atomic E-state index is 12.7. The number of aryl methyl sites for hydroxylation is 2. The zero-order chi connectivity index (χ0) is 20.0. The van der Waals surface area contributed by atoms with Crippen LogP contribution >= 0.6 is 11.3 Å². The van der Waals surface area contributed by atoms with Gasteiger partial charge in [0.15, 0.2) is 0 Å². The minimum absolute atomic E-state index is 0.102. The average molecular weight is 404 g/mol. The van der Waals surface area contributed by atoms with Gasteiger partial charge in [-0.05, 0) is 83.9 Å². The third-order valence-electron chi connectivity index (χ3n) is 6.15. The lowest BCUT2D eigenvalue weighted by Crippen LogP contribution is -2.27. The van der Waals surface area contributed by atoms with Gasteiger partial charge < -0.3 is 10.2 Å². The third kappa shape index (κ3) is 3.67. The van der Waals surface area contributed by atoms with E-state index in [1.54, 1.807) is 6.08 Å². The Morgan fingerprint density at radius 1 is 1.34 bits per heavy atom. The van der Waals surface area contributed by atoms with Gasteiger partial charge in [0.05, 0.1) is 0 Å². The monoisotopic (exact) mass is 403 g/mol. The highest BCUT2D eigenvalue weighted by atomic mass is 32.1. The first kappa shape index (κ1) is 18.4. The van der Waals surface area contributed by atoms with E-state index < -0.39 is 0 Å². The van der Waals surface area contributed by atoms with Crippen molar-refractivity contribution in [3.05, 3.63) is 69.7 Å². The minimum Gasteiger partial charge on any atom is -0.344 e. The smallest absolute Gasteiger partial charge is 0.246 e. The van der Waals surface area contributed by atoms with E-state index in [0.717, 1.165) is 49.4 Å². The molecule has 2 atom stereocenters. The molecule has 0 saturated carbocycles. The predicted molar refractivity (Wildman–Crippen MR) is 120 cm³/mol. The van der Waals surface area contributed by atoms with Crippen LogP contribution in [0.15, 0.2) is 48.1 Å². The number of anilines is 1. The summed E-state index contributed by atoms with van der Waals surface area (Å²) >= 11 is 1.83. The van der Waals surface area contributed by atoms with Gasteiger partial charge in [-0.3, -0.25) is 4.79 Å². The second-order valence-electron chi connectivity index (χ2n) is 8.39. The van der Waals surface area contributed by atoms with Crippen molar-refractivity contribution in [3.8, 4) is 0 Å². The lowest BCUT2D eigenvalue weighted by molar-refractivity contribution is -0.125. The number of hydrogen-bond donors (Lipinski definition) is 1. The first-order chi connectivity index (χ1) is 14.0. The van der Waals surface area contributed by atoms with Crippen LogP contribution in [0, 0.1) is 18.8 Å². The normalized spacial score (nSPS) is 23.1. The fraction of sp³-hybridized carbons (Fsp3) is 0.333. The van der Waals surface area contributed by atoms with Crippen LogP contribution in [0.5, 0.6) is 0 Å². The second kappa shape index (κ2) is 7.30. The topological polar surface area (TPSA) is 45.2 Å². The van der Waals surface area contributed by atoms with Crippen LogP contribution in [0.4, 0.5) is 5.82 Å². The van der Waals surface area contributed by atoms with E-state index in [-0.39, 0.29) is 5.91 Å². The zero-order valence-corrected chi connectivity index (χ0v) is 17.5. The van der Waals surface area contributed by atoms with E-state index in [2.05, 4.69) is 47.4 Å². The number of amides is 1. The van der Waals surface area contributed by atoms with Crippen LogP contribution in [0.2, 0.25) is 0 Å². The van der Waals surface area contributed by atoms with Crippen molar-refractivity contribution < 1.29 is 4.79 Å². The third-order valence-corrected chi connectivity index (χ3v) is 7.27. The van der Waals surface area contributed by atoms with Crippen molar-refractivity contribution >= 4 is 34.7 Å². The summed E-state index contributed by atoms with van der Waals surface area (Å²) in [6.07, 6.45) is 10.8. The SMILES string of the molecule is C=C1CCc2cc(/C=C/C(=O)N3CC4C=C(c5cc(C)cs5)CC4C3)cnc2N1. The van der Waals surface area contributed by atoms with Crippen molar-refractivity contribution in [1.82, 2.24) is 9.88 Å². The standard InChI is InChI=1S/C24H25N3OS/c1-15-7-22(29-14-15)19-9-20-12-27(13-21(20)10-19)23(28)6-4-17-8-18-5-3-16(2)26-24(18)25-11-17/h4,6-9,11,14,20-21H,2-3,5,10,12-13H2,1H3,(H,25,26)/b6-4+. The van der Waals surface area contributed by atoms with Gasteiger partial charge in [-0.1, -0.05) is 12.7 Å². The number of carbonyl (C=O) groups excluding carboxylic acids is 1. The summed E-state index contributed by atoms with van der Waals surface area (Å²) in [7, 11) is 0. The Balaban J connectivity index is 1.23. The Morgan fingerprint density at radius 2 is 2.24 bits per heavy atom. The number of allylic oxidation sites excluding steroid dienone is 2. The quantitative estimate of drug-likeness (QED) is 0.742. The molecule has 1 aliphatic carbocycles. The van der Waals surface area contributed by atoms with E-state index >= 15 is 0 Å². The average Bonchev–Trinajstić information content (AvgIpc) is 3.40. The molecule has 5 heteroatoms. The fourth-order valence-electron chi connectivity index (χ4n) is 4.58. The van der Waals surface area contributed by atoms with Crippen molar-refractivity contribution in [2.45, 2.75) is 26.2 Å². The first-order valence-corrected chi connectivity index (χ1v) is 11.1. The van der Waals surface area contributed by atoms with Gasteiger partial charge in [-0.2, -0.15) is 0 Å². The van der Waals surface area contributed by atoms with Crippen LogP contribution in [0.1, 0.15) is 34.4 Å². The molecule has 2 aliphatic heterocycles. The maximum absolute atomic E-state index is 12.7. The minimum atomic E-state index is 0.102. The first-order valence-electron chi connectivity index (χ1n) is 10.2. The summed E-state index contributed by atoms with van der Waals surface area (Å²) in [5, 5.41) is 5.44. The summed E-state index contributed by atoms with van der Waals surface area (Å²) in [5.74, 6) is 2.05. The maximum Gasteiger partial charge on any atom is 0.246 e. The molecule has 0 bridgehead atoms. The van der Waals surface area contributed by atoms with E-state index in [1.165, 1.54) is 21.6 Å². The number of likely N-dealkylation sites (tertiary alicyclic amines) is 1. The van der Waals surface area contributed by atoms with E-state index in [1.807, 2.05) is 28.5 Å². The molecular weight excluding hydrogens is 378 g/mol. The fourth-order valence-corrected chi connectivity index (χ4v) is 5.52. The Morgan fingerprint density at radius 3 is 3.03 bits per heavy atom. The van der Waals surface area contributed by atoms with Crippen molar-refractivity contribution in [2.75, 3.05) is 18.4 Å². The largest absolute Gasteiger partial charge is 0.344 e. The van der Waals surface area contributed by atoms with E-state index in [4.69, 9.17) is 0 Å². The second-order valence-corrected chi connectivity index (χ2v) is 9.30. The van der Waals surface area contributed by atoms with Gasteiger partial charge in [0.25, 0.3) is 0 Å². The number of fused-ring (bicyclic) bond motifs is 2. The van der Waals surface area contributed by atoms with Gasteiger partial charge in [0, 0.05) is 35.9 Å². The molecule has 2 aromatic rings. The molecule has 4 nitrogen and oxygen atoms in total. The molecular formula is C24H25N3OS. The number of pyridine rings is 1. The molecule has 2 aromatic heterocycles. The Labute approximate surface area is 175 Å². The predicted octanol–water partition coefficient (Wildman–Crippen LogP) is 4.90. The molecule has 1 amide bonds. The van der Waals surface area contributed by atoms with Gasteiger partial charge in [-0.15, -0.1) is 11.3 Å². The summed E-state index contributed by atoms with van der Waals surface area (Å²) in [4.78, 5) is 20.6. The van der Waals surface area contributed by atoms with Crippen LogP contribution in [0.25, 0.3) is 11.6 Å². The molecule has 5 rings (SSSR count). The number of nitrogens with zero attached hydrogens (tertiary/aromatic N) is 2. The van der Waals surface area contributed by atoms with E-state index in [0.29, 0.717) is 11.8 Å². The zero-order valence-electron chi connectivity index (χ0n) is 16.6. The molecule has 1 N–H and O–H groups in total. The van der Waals surface area contributed by atoms with Crippen molar-refractivity contribution in [3.63, 3.8) is 0 Å². The van der Waals surface area contributed by atoms with Gasteiger partial charge in [-0.25, -0.2) is 4.98 Å². The number of thiophene rings is 1. The Hall–Kier alpha value is -2.66. The Bertz CT molecular complexity index is 1050. The lowest BCUT2D eigenvalue weighted by atomic mass is 10.00. The molecule has 0 radical (unpaired) electrons. The molecule has 0 spiro atoms. The van der Waals surface area contributed by atoms with E-state index in [9.17, 15) is 4.79 Å². The summed E-state index contributed by atoms with van der Waals surface area (Å²) < 4.78 is 0. The highest BCUT2D eigenvalue weighted by Gasteiger charge is 2.38. The number of rotatable bonds is 3. The van der Waals surface area contributed by atoms with Gasteiger partial charge >= 0.3 is 0 Å². The molecule has 0 aromatic carbocycles. The highest BCUT2D eigenvalue weighted by molar-refractivity contribution is 7.11. The molecule has 1 saturated heterocycles. The molecule has 3 aliphatic rings. The number of hydrogen-bond acceptors (Lipinski definition) is 4. The summed E-state index contributed by atoms with van der Waals surface area (Å²) in [6.45, 7) is 7.80.